The summed E-state index contributed by atoms with van der Waals surface area (Å²) in [6.45, 7) is 1.69. The SMILES string of the molecule is Cc1c(Cl)cccc1NC(=O)CSC1=C(C#N)[C@H](c2ccccc2Cl)[C@@H](C(=O)c2cccs2)[C@@](O)(C(F)(F)F)N1. The number of nitrogens with zero attached hydrogens (tertiary/aromatic N) is 1. The molecule has 4 rings (SSSR count). The van der Waals surface area contributed by atoms with Gasteiger partial charge in [0.1, 0.15) is 0 Å². The Balaban J connectivity index is 1.80. The molecule has 1 aliphatic heterocycles. The molecular weight excluding hydrogens is 606 g/mol. The molecule has 3 atom stereocenters. The van der Waals surface area contributed by atoms with Crippen LogP contribution in [0.5, 0.6) is 0 Å². The minimum atomic E-state index is -5.36. The number of carbonyl (C=O) groups is 2. The number of rotatable bonds is 7. The predicted molar refractivity (Wildman–Crippen MR) is 150 cm³/mol. The van der Waals surface area contributed by atoms with Crippen LogP contribution in [0.25, 0.3) is 0 Å². The lowest BCUT2D eigenvalue weighted by Gasteiger charge is -2.45. The highest BCUT2D eigenvalue weighted by molar-refractivity contribution is 8.03. The fraction of sp³-hybridized carbons (Fsp3) is 0.222. The van der Waals surface area contributed by atoms with Gasteiger partial charge >= 0.3 is 6.18 Å². The Morgan fingerprint density at radius 2 is 1.85 bits per heavy atom. The second-order valence-corrected chi connectivity index (χ2v) is 11.6. The number of allylic oxidation sites excluding steroid dienone is 1. The average Bonchev–Trinajstić information content (AvgIpc) is 3.44. The summed E-state index contributed by atoms with van der Waals surface area (Å²) >= 11 is 14.0. The number of benzene rings is 2. The first-order valence-electron chi connectivity index (χ1n) is 11.6. The van der Waals surface area contributed by atoms with E-state index in [-0.39, 0.29) is 21.0 Å². The van der Waals surface area contributed by atoms with Gasteiger partial charge in [-0.25, -0.2) is 0 Å². The van der Waals surface area contributed by atoms with Crippen LogP contribution >= 0.6 is 46.3 Å². The summed E-state index contributed by atoms with van der Waals surface area (Å²) in [6, 6.07) is 15.5. The third-order valence-electron chi connectivity index (χ3n) is 6.37. The normalized spacial score (nSPS) is 20.9. The third kappa shape index (κ3) is 5.73. The van der Waals surface area contributed by atoms with Crippen molar-refractivity contribution in [3.8, 4) is 6.07 Å². The summed E-state index contributed by atoms with van der Waals surface area (Å²) in [6.07, 6.45) is -5.36. The Hall–Kier alpha value is -3.01. The van der Waals surface area contributed by atoms with E-state index < -0.39 is 46.2 Å². The number of carbonyl (C=O) groups excluding carboxylic acids is 2. The van der Waals surface area contributed by atoms with E-state index in [1.807, 2.05) is 11.4 Å². The van der Waals surface area contributed by atoms with Gasteiger partial charge in [-0.15, -0.1) is 11.3 Å². The Kier molecular flexibility index (Phi) is 8.87. The van der Waals surface area contributed by atoms with Crippen molar-refractivity contribution in [1.29, 1.82) is 5.26 Å². The number of anilines is 1. The highest BCUT2D eigenvalue weighted by atomic mass is 35.5. The van der Waals surface area contributed by atoms with Crippen molar-refractivity contribution in [2.24, 2.45) is 5.92 Å². The fourth-order valence-electron chi connectivity index (χ4n) is 4.39. The van der Waals surface area contributed by atoms with Gasteiger partial charge < -0.3 is 15.7 Å². The van der Waals surface area contributed by atoms with E-state index in [1.165, 1.54) is 35.7 Å². The summed E-state index contributed by atoms with van der Waals surface area (Å²) in [5.74, 6) is -5.82. The van der Waals surface area contributed by atoms with Crippen molar-refractivity contribution >= 4 is 63.7 Å². The number of hydrogen-bond donors (Lipinski definition) is 3. The maximum Gasteiger partial charge on any atom is 0.437 e. The molecule has 2 aromatic carbocycles. The van der Waals surface area contributed by atoms with Crippen molar-refractivity contribution in [2.45, 2.75) is 24.7 Å². The molecule has 40 heavy (non-hydrogen) atoms. The summed E-state index contributed by atoms with van der Waals surface area (Å²) in [4.78, 5) is 26.3. The van der Waals surface area contributed by atoms with Crippen LogP contribution in [0, 0.1) is 24.2 Å². The number of thiophene rings is 1. The number of amides is 1. The van der Waals surface area contributed by atoms with E-state index in [9.17, 15) is 33.1 Å². The first kappa shape index (κ1) is 30.0. The highest BCUT2D eigenvalue weighted by Crippen LogP contribution is 2.52. The molecule has 3 aromatic rings. The molecule has 0 bridgehead atoms. The molecule has 3 N–H and O–H groups in total. The molecule has 0 radical (unpaired) electrons. The zero-order chi connectivity index (χ0) is 29.2. The van der Waals surface area contributed by atoms with E-state index in [2.05, 4.69) is 5.32 Å². The van der Waals surface area contributed by atoms with Gasteiger partial charge in [0.15, 0.2) is 5.78 Å². The molecule has 0 unspecified atom stereocenters. The molecule has 0 fully saturated rings. The number of thioether (sulfide) groups is 1. The van der Waals surface area contributed by atoms with Gasteiger partial charge in [-0.05, 0) is 47.7 Å². The van der Waals surface area contributed by atoms with Gasteiger partial charge in [-0.3, -0.25) is 9.59 Å². The van der Waals surface area contributed by atoms with E-state index in [0.717, 1.165) is 11.3 Å². The number of Topliss-reactive ketones (excluding diaryl/α,β-unsaturated/α-hetero) is 1. The summed E-state index contributed by atoms with van der Waals surface area (Å²) in [5.41, 5.74) is -3.01. The first-order chi connectivity index (χ1) is 18.9. The molecule has 1 aromatic heterocycles. The number of aliphatic hydroxyl groups is 1. The van der Waals surface area contributed by atoms with Crippen LogP contribution in [0.3, 0.4) is 0 Å². The van der Waals surface area contributed by atoms with Crippen molar-refractivity contribution in [1.82, 2.24) is 5.32 Å². The Labute approximate surface area is 245 Å². The lowest BCUT2D eigenvalue weighted by atomic mass is 9.70. The van der Waals surface area contributed by atoms with E-state index in [0.29, 0.717) is 28.0 Å². The fourth-order valence-corrected chi connectivity index (χ4v) is 6.43. The summed E-state index contributed by atoms with van der Waals surface area (Å²) in [5, 5.41) is 27.6. The predicted octanol–water partition coefficient (Wildman–Crippen LogP) is 6.91. The Morgan fingerprint density at radius 1 is 1.15 bits per heavy atom. The minimum absolute atomic E-state index is 0.00850. The largest absolute Gasteiger partial charge is 0.437 e. The van der Waals surface area contributed by atoms with Crippen LogP contribution < -0.4 is 10.6 Å². The Morgan fingerprint density at radius 3 is 2.48 bits per heavy atom. The van der Waals surface area contributed by atoms with Crippen molar-refractivity contribution in [3.63, 3.8) is 0 Å². The molecule has 2 heterocycles. The second kappa shape index (κ2) is 11.8. The van der Waals surface area contributed by atoms with Crippen molar-refractivity contribution in [2.75, 3.05) is 11.1 Å². The van der Waals surface area contributed by atoms with Crippen molar-refractivity contribution < 1.29 is 27.9 Å². The van der Waals surface area contributed by atoms with Crippen LogP contribution in [0.4, 0.5) is 18.9 Å². The molecule has 208 valence electrons. The zero-order valence-corrected chi connectivity index (χ0v) is 23.7. The topological polar surface area (TPSA) is 102 Å². The molecule has 13 heteroatoms. The van der Waals surface area contributed by atoms with Gasteiger partial charge in [-0.2, -0.15) is 18.4 Å². The molecule has 0 saturated heterocycles. The van der Waals surface area contributed by atoms with Gasteiger partial charge in [0.05, 0.1) is 33.2 Å². The molecule has 0 aliphatic carbocycles. The summed E-state index contributed by atoms with van der Waals surface area (Å²) in [7, 11) is 0. The van der Waals surface area contributed by atoms with E-state index in [4.69, 9.17) is 23.2 Å². The molecule has 1 aliphatic rings. The Bertz CT molecular complexity index is 1520. The minimum Gasteiger partial charge on any atom is -0.363 e. The molecule has 1 amide bonds. The monoisotopic (exact) mass is 625 g/mol. The van der Waals surface area contributed by atoms with Gasteiger partial charge in [0.25, 0.3) is 0 Å². The first-order valence-corrected chi connectivity index (χ1v) is 14.2. The maximum atomic E-state index is 14.6. The van der Waals surface area contributed by atoms with Crippen LogP contribution in [0.1, 0.15) is 26.7 Å². The van der Waals surface area contributed by atoms with Crippen LogP contribution in [0.2, 0.25) is 10.0 Å². The van der Waals surface area contributed by atoms with Gasteiger partial charge in [0.2, 0.25) is 11.6 Å². The lowest BCUT2D eigenvalue weighted by molar-refractivity contribution is -0.285. The van der Waals surface area contributed by atoms with Gasteiger partial charge in [0, 0.05) is 21.7 Å². The van der Waals surface area contributed by atoms with Crippen molar-refractivity contribution in [3.05, 3.63) is 96.6 Å². The quantitative estimate of drug-likeness (QED) is 0.247. The molecule has 0 saturated carbocycles. The summed E-state index contributed by atoms with van der Waals surface area (Å²) < 4.78 is 43.9. The van der Waals surface area contributed by atoms with E-state index in [1.54, 1.807) is 31.2 Å². The van der Waals surface area contributed by atoms with Crippen LogP contribution in [-0.4, -0.2) is 34.5 Å². The molecule has 0 spiro atoms. The zero-order valence-electron chi connectivity index (χ0n) is 20.6. The maximum absolute atomic E-state index is 14.6. The number of nitriles is 1. The standard InChI is InChI=1S/C27H20Cl2F3N3O3S2/c1-14-17(28)8-4-9-19(14)34-21(36)13-40-25-16(12-33)22(15-6-2-3-7-18(15)29)23(24(37)20-10-5-11-39-20)26(38,35-25)27(30,31)32/h2-11,22-23,35,38H,13H2,1H3,(H,34,36)/t22-,23-,26+/m0/s1. The molecule has 6 nitrogen and oxygen atoms in total. The number of halogens is 5. The molecular formula is C27H20Cl2F3N3O3S2. The second-order valence-electron chi connectivity index (χ2n) is 8.81. The lowest BCUT2D eigenvalue weighted by Crippen LogP contribution is -2.66. The third-order valence-corrected chi connectivity index (χ3v) is 9.03. The van der Waals surface area contributed by atoms with Gasteiger partial charge in [-0.1, -0.05) is 65.3 Å². The number of hydrogen-bond acceptors (Lipinski definition) is 7. The van der Waals surface area contributed by atoms with Crippen LogP contribution in [-0.2, 0) is 4.79 Å². The number of alkyl halides is 3. The average molecular weight is 627 g/mol. The smallest absolute Gasteiger partial charge is 0.363 e. The number of ketones is 1. The van der Waals surface area contributed by atoms with Crippen LogP contribution in [0.15, 0.2) is 70.6 Å². The van der Waals surface area contributed by atoms with E-state index >= 15 is 0 Å². The number of nitrogens with one attached hydrogen (secondary N) is 2. The highest BCUT2D eigenvalue weighted by Gasteiger charge is 2.66.